The third-order valence-electron chi connectivity index (χ3n) is 3.39. The molecule has 2 aliphatic rings. The molecule has 1 heteroatoms. The van der Waals surface area contributed by atoms with Gasteiger partial charge in [0.25, 0.3) is 0 Å². The summed E-state index contributed by atoms with van der Waals surface area (Å²) in [4.78, 5) is 2.64. The van der Waals surface area contributed by atoms with Crippen molar-refractivity contribution in [2.45, 2.75) is 38.6 Å². The van der Waals surface area contributed by atoms with Crippen molar-refractivity contribution in [2.24, 2.45) is 5.92 Å². The van der Waals surface area contributed by atoms with Crippen molar-refractivity contribution in [2.75, 3.05) is 13.1 Å². The van der Waals surface area contributed by atoms with E-state index in [0.717, 1.165) is 12.0 Å². The van der Waals surface area contributed by atoms with Crippen molar-refractivity contribution < 1.29 is 0 Å². The third kappa shape index (κ3) is 1.56. The molecule has 0 amide bonds. The molecule has 68 valence electrons. The van der Waals surface area contributed by atoms with Crippen LogP contribution in [0, 0.1) is 5.92 Å². The van der Waals surface area contributed by atoms with Crippen LogP contribution in [0.3, 0.4) is 0 Å². The summed E-state index contributed by atoms with van der Waals surface area (Å²) in [6, 6.07) is 0.789. The fourth-order valence-corrected chi connectivity index (χ4v) is 2.47. The van der Waals surface area contributed by atoms with Crippen molar-refractivity contribution in [1.29, 1.82) is 0 Å². The van der Waals surface area contributed by atoms with Gasteiger partial charge in [0.15, 0.2) is 0 Å². The average molecular weight is 165 g/mol. The topological polar surface area (TPSA) is 3.24 Å². The highest BCUT2D eigenvalue weighted by Gasteiger charge is 2.26. The standard InChI is InChI=1S/C11H19N/c1-2-10-6-8-12-7-4-3-5-11(12)9-10/h3,5,10-11H,2,4,6-9H2,1H3. The van der Waals surface area contributed by atoms with E-state index in [1.165, 1.54) is 38.8 Å². The molecule has 0 spiro atoms. The molecule has 0 aromatic rings. The van der Waals surface area contributed by atoms with Crippen molar-refractivity contribution in [3.05, 3.63) is 12.2 Å². The first kappa shape index (κ1) is 8.31. The summed E-state index contributed by atoms with van der Waals surface area (Å²) >= 11 is 0. The highest BCUT2D eigenvalue weighted by molar-refractivity contribution is 5.02. The van der Waals surface area contributed by atoms with E-state index in [4.69, 9.17) is 0 Å². The zero-order valence-electron chi connectivity index (χ0n) is 8.00. The summed E-state index contributed by atoms with van der Waals surface area (Å²) in [6.45, 7) is 4.97. The Labute approximate surface area is 75.4 Å². The van der Waals surface area contributed by atoms with Gasteiger partial charge in [0.2, 0.25) is 0 Å². The van der Waals surface area contributed by atoms with E-state index < -0.39 is 0 Å². The van der Waals surface area contributed by atoms with Crippen LogP contribution in [-0.4, -0.2) is 24.0 Å². The van der Waals surface area contributed by atoms with E-state index in [1.807, 2.05) is 0 Å². The minimum absolute atomic E-state index is 0.789. The fraction of sp³-hybridized carbons (Fsp3) is 0.818. The van der Waals surface area contributed by atoms with Crippen LogP contribution in [0.2, 0.25) is 0 Å². The van der Waals surface area contributed by atoms with E-state index in [9.17, 15) is 0 Å². The first-order valence-electron chi connectivity index (χ1n) is 5.31. The van der Waals surface area contributed by atoms with Crippen molar-refractivity contribution in [3.8, 4) is 0 Å². The van der Waals surface area contributed by atoms with Crippen LogP contribution in [0.1, 0.15) is 32.6 Å². The number of hydrogen-bond donors (Lipinski definition) is 0. The fourth-order valence-electron chi connectivity index (χ4n) is 2.47. The summed E-state index contributed by atoms with van der Waals surface area (Å²) in [5, 5.41) is 0. The molecule has 0 saturated carbocycles. The summed E-state index contributed by atoms with van der Waals surface area (Å²) < 4.78 is 0. The maximum atomic E-state index is 2.64. The molecule has 2 rings (SSSR count). The number of piperidine rings is 1. The first-order valence-corrected chi connectivity index (χ1v) is 5.31. The molecule has 0 aromatic heterocycles. The minimum atomic E-state index is 0.789. The van der Waals surface area contributed by atoms with Crippen LogP contribution in [0.15, 0.2) is 12.2 Å². The Morgan fingerprint density at radius 1 is 1.42 bits per heavy atom. The Hall–Kier alpha value is -0.300. The lowest BCUT2D eigenvalue weighted by Crippen LogP contribution is -2.43. The highest BCUT2D eigenvalue weighted by Crippen LogP contribution is 2.27. The molecular weight excluding hydrogens is 146 g/mol. The minimum Gasteiger partial charge on any atom is -0.297 e. The van der Waals surface area contributed by atoms with Crippen LogP contribution in [0.5, 0.6) is 0 Å². The predicted octanol–water partition coefficient (Wildman–Crippen LogP) is 2.44. The SMILES string of the molecule is CCC1CCN2CCC=CC2C1. The monoisotopic (exact) mass is 165 g/mol. The van der Waals surface area contributed by atoms with Gasteiger partial charge in [0, 0.05) is 12.6 Å². The number of fused-ring (bicyclic) bond motifs is 1. The molecule has 12 heavy (non-hydrogen) atoms. The van der Waals surface area contributed by atoms with Gasteiger partial charge in [0.05, 0.1) is 0 Å². The predicted molar refractivity (Wildman–Crippen MR) is 52.1 cm³/mol. The molecule has 0 N–H and O–H groups in total. The van der Waals surface area contributed by atoms with E-state index >= 15 is 0 Å². The van der Waals surface area contributed by atoms with Crippen LogP contribution >= 0.6 is 0 Å². The molecule has 1 nitrogen and oxygen atoms in total. The summed E-state index contributed by atoms with van der Waals surface area (Å²) in [6.07, 6.45) is 10.3. The van der Waals surface area contributed by atoms with Crippen LogP contribution in [-0.2, 0) is 0 Å². The molecular formula is C11H19N. The van der Waals surface area contributed by atoms with Crippen LogP contribution in [0.25, 0.3) is 0 Å². The summed E-state index contributed by atoms with van der Waals surface area (Å²) in [5.74, 6) is 0.994. The zero-order chi connectivity index (χ0) is 8.39. The van der Waals surface area contributed by atoms with Gasteiger partial charge in [-0.1, -0.05) is 25.5 Å². The van der Waals surface area contributed by atoms with Gasteiger partial charge in [-0.05, 0) is 31.7 Å². The van der Waals surface area contributed by atoms with Crippen molar-refractivity contribution >= 4 is 0 Å². The molecule has 0 radical (unpaired) electrons. The third-order valence-corrected chi connectivity index (χ3v) is 3.39. The molecule has 2 atom stereocenters. The Bertz CT molecular complexity index is 174. The lowest BCUT2D eigenvalue weighted by Gasteiger charge is -2.39. The quantitative estimate of drug-likeness (QED) is 0.539. The smallest absolute Gasteiger partial charge is 0.0280 e. The lowest BCUT2D eigenvalue weighted by atomic mass is 9.87. The lowest BCUT2D eigenvalue weighted by molar-refractivity contribution is 0.134. The molecule has 0 aliphatic carbocycles. The Morgan fingerprint density at radius 3 is 3.17 bits per heavy atom. The maximum absolute atomic E-state index is 2.64. The normalized spacial score (nSPS) is 36.4. The van der Waals surface area contributed by atoms with Gasteiger partial charge in [-0.2, -0.15) is 0 Å². The van der Waals surface area contributed by atoms with E-state index in [-0.39, 0.29) is 0 Å². The van der Waals surface area contributed by atoms with Crippen molar-refractivity contribution in [3.63, 3.8) is 0 Å². The second kappa shape index (κ2) is 3.61. The molecule has 2 unspecified atom stereocenters. The van der Waals surface area contributed by atoms with Gasteiger partial charge < -0.3 is 0 Å². The van der Waals surface area contributed by atoms with E-state index in [2.05, 4.69) is 24.0 Å². The van der Waals surface area contributed by atoms with Gasteiger partial charge in [-0.3, -0.25) is 4.90 Å². The molecule has 1 saturated heterocycles. The Kier molecular flexibility index (Phi) is 2.50. The van der Waals surface area contributed by atoms with Crippen LogP contribution < -0.4 is 0 Å². The van der Waals surface area contributed by atoms with Gasteiger partial charge >= 0.3 is 0 Å². The summed E-state index contributed by atoms with van der Waals surface area (Å²) in [7, 11) is 0. The Morgan fingerprint density at radius 2 is 2.33 bits per heavy atom. The zero-order valence-corrected chi connectivity index (χ0v) is 8.00. The molecule has 1 fully saturated rings. The van der Waals surface area contributed by atoms with E-state index in [0.29, 0.717) is 0 Å². The summed E-state index contributed by atoms with van der Waals surface area (Å²) in [5.41, 5.74) is 0. The van der Waals surface area contributed by atoms with Gasteiger partial charge in [0.1, 0.15) is 0 Å². The molecule has 2 aliphatic heterocycles. The van der Waals surface area contributed by atoms with Crippen molar-refractivity contribution in [1.82, 2.24) is 4.90 Å². The second-order valence-electron chi connectivity index (χ2n) is 4.12. The van der Waals surface area contributed by atoms with E-state index in [1.54, 1.807) is 0 Å². The van der Waals surface area contributed by atoms with Gasteiger partial charge in [-0.25, -0.2) is 0 Å². The Balaban J connectivity index is 1.97. The number of rotatable bonds is 1. The number of hydrogen-bond acceptors (Lipinski definition) is 1. The molecule has 0 aromatic carbocycles. The van der Waals surface area contributed by atoms with Gasteiger partial charge in [-0.15, -0.1) is 0 Å². The largest absolute Gasteiger partial charge is 0.297 e. The average Bonchev–Trinajstić information content (AvgIpc) is 2.17. The highest BCUT2D eigenvalue weighted by atomic mass is 15.2. The first-order chi connectivity index (χ1) is 5.90. The molecule has 2 heterocycles. The maximum Gasteiger partial charge on any atom is 0.0280 e. The second-order valence-corrected chi connectivity index (χ2v) is 4.12. The number of nitrogens with zero attached hydrogens (tertiary/aromatic N) is 1. The molecule has 0 bridgehead atoms. The van der Waals surface area contributed by atoms with Crippen LogP contribution in [0.4, 0.5) is 0 Å².